The number of aromatic amines is 1. The van der Waals surface area contributed by atoms with Gasteiger partial charge in [-0.15, -0.1) is 0 Å². The van der Waals surface area contributed by atoms with Crippen molar-refractivity contribution in [3.8, 4) is 0 Å². The maximum Gasteiger partial charge on any atom is 0.330 e. The second-order valence-electron chi connectivity index (χ2n) is 10.8. The summed E-state index contributed by atoms with van der Waals surface area (Å²) in [7, 11) is 0. The second kappa shape index (κ2) is 18.4. The van der Waals surface area contributed by atoms with Crippen LogP contribution < -0.4 is 16.6 Å². The van der Waals surface area contributed by atoms with E-state index in [1.54, 1.807) is 0 Å². The van der Waals surface area contributed by atoms with Crippen molar-refractivity contribution in [1.29, 1.82) is 0 Å². The van der Waals surface area contributed by atoms with Gasteiger partial charge in [-0.1, -0.05) is 71.1 Å². The molecule has 0 unspecified atom stereocenters. The Hall–Kier alpha value is -3.02. The van der Waals surface area contributed by atoms with E-state index in [9.17, 15) is 28.4 Å². The van der Waals surface area contributed by atoms with Crippen molar-refractivity contribution < 1.29 is 33.4 Å². The van der Waals surface area contributed by atoms with E-state index in [-0.39, 0.29) is 37.2 Å². The van der Waals surface area contributed by atoms with E-state index in [1.165, 1.54) is 58.1 Å². The lowest BCUT2D eigenvalue weighted by Gasteiger charge is -2.20. The summed E-state index contributed by atoms with van der Waals surface area (Å²) in [5, 5.41) is 11.6. The van der Waals surface area contributed by atoms with Gasteiger partial charge in [0.15, 0.2) is 0 Å². The SMILES string of the molecule is CCCCCCCCCCCCCC(=O)N[C@@H](CCC(=O)O)C(=O)OC[C@H]1O[C@@H](n2cc(C)c(=O)[nH]c2=O)C[C@@H]1F. The minimum atomic E-state index is -1.56. The standard InChI is InChI=1S/C29H46FN3O8/c1-3-4-5-6-7-8-9-10-11-12-13-14-24(34)31-22(15-16-26(35)36)28(38)40-19-23-21(30)17-25(41-23)33-18-20(2)27(37)32-29(33)39/h18,21-23,25H,3-17,19H2,1-2H3,(H,31,34)(H,35,36)(H,32,37,39)/t21-,22-,23+,25+/m0/s1. The molecule has 0 radical (unpaired) electrons. The topological polar surface area (TPSA) is 157 Å². The van der Waals surface area contributed by atoms with Gasteiger partial charge in [-0.05, 0) is 19.8 Å². The van der Waals surface area contributed by atoms with Crippen molar-refractivity contribution >= 4 is 17.8 Å². The van der Waals surface area contributed by atoms with Gasteiger partial charge in [0.25, 0.3) is 5.56 Å². The van der Waals surface area contributed by atoms with Crippen LogP contribution >= 0.6 is 0 Å². The Labute approximate surface area is 240 Å². The van der Waals surface area contributed by atoms with Crippen molar-refractivity contribution in [3.05, 3.63) is 32.6 Å². The Morgan fingerprint density at radius 2 is 1.68 bits per heavy atom. The Morgan fingerprint density at radius 3 is 2.29 bits per heavy atom. The third-order valence-electron chi connectivity index (χ3n) is 7.28. The van der Waals surface area contributed by atoms with Crippen LogP contribution in [0.25, 0.3) is 0 Å². The van der Waals surface area contributed by atoms with Crippen LogP contribution in [0.15, 0.2) is 15.8 Å². The zero-order valence-corrected chi connectivity index (χ0v) is 24.3. The lowest BCUT2D eigenvalue weighted by Crippen LogP contribution is -2.43. The van der Waals surface area contributed by atoms with Gasteiger partial charge in [-0.25, -0.2) is 14.0 Å². The normalized spacial score (nSPS) is 19.1. The Kier molecular flexibility index (Phi) is 15.4. The van der Waals surface area contributed by atoms with E-state index in [1.807, 2.05) is 0 Å². The van der Waals surface area contributed by atoms with Crippen molar-refractivity contribution in [3.63, 3.8) is 0 Å². The number of alkyl halides is 1. The Morgan fingerprint density at radius 1 is 1.07 bits per heavy atom. The molecule has 0 aliphatic carbocycles. The largest absolute Gasteiger partial charge is 0.481 e. The van der Waals surface area contributed by atoms with Gasteiger partial charge >= 0.3 is 17.6 Å². The number of aryl methyl sites for hydroxylation is 1. The predicted octanol–water partition coefficient (Wildman–Crippen LogP) is 4.06. The number of rotatable bonds is 20. The molecule has 3 N–H and O–H groups in total. The number of carboxylic acid groups (broad SMARTS) is 1. The van der Waals surface area contributed by atoms with Gasteiger partial charge in [0.1, 0.15) is 31.2 Å². The smallest absolute Gasteiger partial charge is 0.330 e. The Bertz CT molecular complexity index is 1090. The number of carbonyl (C=O) groups excluding carboxylic acids is 2. The van der Waals surface area contributed by atoms with Gasteiger partial charge in [0.05, 0.1) is 0 Å². The number of amides is 1. The van der Waals surface area contributed by atoms with Crippen LogP contribution in [-0.4, -0.2) is 57.4 Å². The number of H-pyrrole nitrogens is 1. The molecule has 0 saturated carbocycles. The molecule has 1 aliphatic heterocycles. The molecule has 1 aliphatic rings. The first-order valence-electron chi connectivity index (χ1n) is 14.9. The molecule has 41 heavy (non-hydrogen) atoms. The summed E-state index contributed by atoms with van der Waals surface area (Å²) in [4.78, 5) is 62.0. The molecular formula is C29H46FN3O8. The number of carbonyl (C=O) groups is 3. The molecule has 11 nitrogen and oxygen atoms in total. The molecule has 4 atom stereocenters. The number of nitrogens with one attached hydrogen (secondary N) is 2. The molecule has 1 amide bonds. The Balaban J connectivity index is 1.76. The number of unbranched alkanes of at least 4 members (excludes halogenated alkanes) is 10. The van der Waals surface area contributed by atoms with E-state index in [2.05, 4.69) is 17.2 Å². The van der Waals surface area contributed by atoms with Gasteiger partial charge in [0, 0.05) is 31.0 Å². The van der Waals surface area contributed by atoms with Gasteiger partial charge in [-0.3, -0.25) is 23.9 Å². The highest BCUT2D eigenvalue weighted by Gasteiger charge is 2.38. The fourth-order valence-electron chi connectivity index (χ4n) is 4.81. The fraction of sp³-hybridized carbons (Fsp3) is 0.759. The first-order valence-corrected chi connectivity index (χ1v) is 14.9. The minimum Gasteiger partial charge on any atom is -0.481 e. The average Bonchev–Trinajstić information content (AvgIpc) is 3.30. The summed E-state index contributed by atoms with van der Waals surface area (Å²) < 4.78 is 26.5. The van der Waals surface area contributed by atoms with Crippen LogP contribution in [0.2, 0.25) is 0 Å². The third-order valence-corrected chi connectivity index (χ3v) is 7.28. The monoisotopic (exact) mass is 583 g/mol. The molecule has 232 valence electrons. The van der Waals surface area contributed by atoms with Crippen LogP contribution in [0.3, 0.4) is 0 Å². The highest BCUT2D eigenvalue weighted by Crippen LogP contribution is 2.30. The molecule has 12 heteroatoms. The number of esters is 1. The highest BCUT2D eigenvalue weighted by atomic mass is 19.1. The summed E-state index contributed by atoms with van der Waals surface area (Å²) in [6.07, 6.45) is 9.59. The molecule has 0 bridgehead atoms. The van der Waals surface area contributed by atoms with E-state index >= 15 is 0 Å². The number of hydrogen-bond acceptors (Lipinski definition) is 7. The maximum absolute atomic E-state index is 14.6. The number of nitrogens with zero attached hydrogens (tertiary/aromatic N) is 1. The van der Waals surface area contributed by atoms with E-state index in [4.69, 9.17) is 14.6 Å². The van der Waals surface area contributed by atoms with Crippen molar-refractivity contribution in [2.45, 2.75) is 135 Å². The molecule has 1 saturated heterocycles. The van der Waals surface area contributed by atoms with Crippen LogP contribution in [0.1, 0.15) is 115 Å². The molecule has 1 aromatic heterocycles. The van der Waals surface area contributed by atoms with Gasteiger partial charge in [0.2, 0.25) is 5.91 Å². The summed E-state index contributed by atoms with van der Waals surface area (Å²) in [6, 6.07) is -1.19. The number of hydrogen-bond donors (Lipinski definition) is 3. The van der Waals surface area contributed by atoms with Crippen LogP contribution in [0, 0.1) is 6.92 Å². The molecule has 2 rings (SSSR count). The second-order valence-corrected chi connectivity index (χ2v) is 10.8. The maximum atomic E-state index is 14.6. The van der Waals surface area contributed by atoms with E-state index < -0.39 is 54.3 Å². The first kappa shape index (κ1) is 34.2. The average molecular weight is 584 g/mol. The minimum absolute atomic E-state index is 0.169. The molecule has 1 aromatic rings. The van der Waals surface area contributed by atoms with Gasteiger partial charge in [-0.2, -0.15) is 0 Å². The summed E-state index contributed by atoms with van der Waals surface area (Å²) in [5.74, 6) is -2.38. The first-order chi connectivity index (χ1) is 19.6. The van der Waals surface area contributed by atoms with Crippen LogP contribution in [0.4, 0.5) is 4.39 Å². The van der Waals surface area contributed by atoms with Crippen LogP contribution in [-0.2, 0) is 23.9 Å². The lowest BCUT2D eigenvalue weighted by molar-refractivity contribution is -0.153. The third kappa shape index (κ3) is 12.6. The zero-order chi connectivity index (χ0) is 30.2. The zero-order valence-electron chi connectivity index (χ0n) is 24.3. The van der Waals surface area contributed by atoms with Crippen molar-refractivity contribution in [1.82, 2.24) is 14.9 Å². The molecule has 0 spiro atoms. The number of ether oxygens (including phenoxy) is 2. The highest BCUT2D eigenvalue weighted by molar-refractivity contribution is 5.84. The number of carboxylic acids is 1. The molecule has 0 aromatic carbocycles. The van der Waals surface area contributed by atoms with Crippen LogP contribution in [0.5, 0.6) is 0 Å². The van der Waals surface area contributed by atoms with Crippen molar-refractivity contribution in [2.75, 3.05) is 6.61 Å². The number of aromatic nitrogens is 2. The summed E-state index contributed by atoms with van der Waals surface area (Å²) >= 11 is 0. The predicted molar refractivity (Wildman–Crippen MR) is 150 cm³/mol. The van der Waals surface area contributed by atoms with Crippen molar-refractivity contribution in [2.24, 2.45) is 0 Å². The van der Waals surface area contributed by atoms with Gasteiger partial charge < -0.3 is 19.9 Å². The molecular weight excluding hydrogens is 537 g/mol. The van der Waals surface area contributed by atoms with E-state index in [0.717, 1.165) is 23.8 Å². The molecule has 1 fully saturated rings. The fourth-order valence-corrected chi connectivity index (χ4v) is 4.81. The molecule has 2 heterocycles. The number of aliphatic carboxylic acids is 1. The quantitative estimate of drug-likeness (QED) is 0.153. The summed E-state index contributed by atoms with van der Waals surface area (Å²) in [6.45, 7) is 3.22. The summed E-state index contributed by atoms with van der Waals surface area (Å²) in [5.41, 5.74) is -1.04. The lowest BCUT2D eigenvalue weighted by atomic mass is 10.0. The van der Waals surface area contributed by atoms with E-state index in [0.29, 0.717) is 6.42 Å². The number of halogens is 1.